The Kier molecular flexibility index (Phi) is 7.78. The van der Waals surface area contributed by atoms with Gasteiger partial charge in [-0.05, 0) is 64.5 Å². The average molecular weight is 409 g/mol. The fourth-order valence-electron chi connectivity index (χ4n) is 4.51. The molecule has 0 heterocycles. The monoisotopic (exact) mass is 408 g/mol. The van der Waals surface area contributed by atoms with Crippen LogP contribution in [0, 0.1) is 24.7 Å². The summed E-state index contributed by atoms with van der Waals surface area (Å²) in [5.41, 5.74) is -0.361. The number of hydrogen-bond donors (Lipinski definition) is 0. The second-order valence-electron chi connectivity index (χ2n) is 8.46. The van der Waals surface area contributed by atoms with Crippen molar-refractivity contribution >= 4 is 17.1 Å². The Labute approximate surface area is 168 Å². The standard InChI is InChI=1S/C21H36O4Si2/c1-7-20(15-11-9-12-16-20)24-26(5,22-3)19-27(6,23-4)25-21(8-2)17-13-10-14-18-21/h1-2H,9-19H2,3-6H3. The molecule has 2 unspecified atom stereocenters. The van der Waals surface area contributed by atoms with Crippen molar-refractivity contribution in [2.75, 3.05) is 14.2 Å². The molecular weight excluding hydrogens is 372 g/mol. The third-order valence-electron chi connectivity index (χ3n) is 6.18. The molecule has 2 aliphatic rings. The van der Waals surface area contributed by atoms with Crippen molar-refractivity contribution in [1.29, 1.82) is 0 Å². The van der Waals surface area contributed by atoms with Gasteiger partial charge in [0.1, 0.15) is 11.2 Å². The SMILES string of the molecule is C#CC1(O[Si](C)(C[Si](C)(OC)OC2(C#C)CCCCC2)OC)CCCCC1. The lowest BCUT2D eigenvalue weighted by Gasteiger charge is -2.44. The van der Waals surface area contributed by atoms with Crippen LogP contribution < -0.4 is 0 Å². The van der Waals surface area contributed by atoms with Gasteiger partial charge in [-0.3, -0.25) is 0 Å². The summed E-state index contributed by atoms with van der Waals surface area (Å²) in [5.74, 6) is 5.89. The van der Waals surface area contributed by atoms with Gasteiger partial charge in [0, 0.05) is 19.9 Å². The zero-order valence-corrected chi connectivity index (χ0v) is 19.6. The van der Waals surface area contributed by atoms with Crippen LogP contribution in [0.5, 0.6) is 0 Å². The van der Waals surface area contributed by atoms with Crippen molar-refractivity contribution in [2.45, 2.75) is 94.2 Å². The molecule has 0 aromatic heterocycles. The van der Waals surface area contributed by atoms with E-state index in [0.717, 1.165) is 51.4 Å². The summed E-state index contributed by atoms with van der Waals surface area (Å²) < 4.78 is 25.2. The summed E-state index contributed by atoms with van der Waals surface area (Å²) in [4.78, 5) is 0. The van der Waals surface area contributed by atoms with Crippen molar-refractivity contribution < 1.29 is 17.7 Å². The maximum absolute atomic E-state index is 6.62. The van der Waals surface area contributed by atoms with Crippen LogP contribution in [0.15, 0.2) is 0 Å². The number of hydrogen-bond acceptors (Lipinski definition) is 4. The highest BCUT2D eigenvalue weighted by molar-refractivity contribution is 6.85. The van der Waals surface area contributed by atoms with E-state index >= 15 is 0 Å². The summed E-state index contributed by atoms with van der Waals surface area (Å²) >= 11 is 0. The van der Waals surface area contributed by atoms with E-state index in [9.17, 15) is 0 Å². The van der Waals surface area contributed by atoms with Crippen LogP contribution >= 0.6 is 0 Å². The summed E-state index contributed by atoms with van der Waals surface area (Å²) in [5, 5.41) is 0. The van der Waals surface area contributed by atoms with Crippen molar-refractivity contribution in [1.82, 2.24) is 0 Å². The van der Waals surface area contributed by atoms with Crippen LogP contribution in [0.1, 0.15) is 64.2 Å². The molecule has 2 atom stereocenters. The predicted octanol–water partition coefficient (Wildman–Crippen LogP) is 4.67. The normalized spacial score (nSPS) is 26.1. The third kappa shape index (κ3) is 5.70. The zero-order chi connectivity index (χ0) is 20.0. The first-order valence-corrected chi connectivity index (χ1v) is 15.3. The van der Waals surface area contributed by atoms with E-state index in [4.69, 9.17) is 30.6 Å². The van der Waals surface area contributed by atoms with E-state index in [1.165, 1.54) is 12.8 Å². The van der Waals surface area contributed by atoms with Crippen molar-refractivity contribution in [3.8, 4) is 24.7 Å². The molecule has 0 N–H and O–H groups in total. The quantitative estimate of drug-likeness (QED) is 0.432. The van der Waals surface area contributed by atoms with Gasteiger partial charge < -0.3 is 17.7 Å². The Balaban J connectivity index is 2.17. The van der Waals surface area contributed by atoms with Gasteiger partial charge in [-0.1, -0.05) is 24.7 Å². The minimum absolute atomic E-state index is 0.507. The van der Waals surface area contributed by atoms with Gasteiger partial charge in [0.25, 0.3) is 0 Å². The molecule has 2 aliphatic carbocycles. The Hall–Kier alpha value is -0.606. The van der Waals surface area contributed by atoms with E-state index < -0.39 is 28.3 Å². The molecule has 6 heteroatoms. The maximum atomic E-state index is 6.62. The maximum Gasteiger partial charge on any atom is 0.337 e. The molecule has 4 nitrogen and oxygen atoms in total. The summed E-state index contributed by atoms with van der Waals surface area (Å²) in [6.07, 6.45) is 22.3. The predicted molar refractivity (Wildman–Crippen MR) is 114 cm³/mol. The number of terminal acetylenes is 2. The lowest BCUT2D eigenvalue weighted by atomic mass is 9.86. The largest absolute Gasteiger partial charge is 0.398 e. The van der Waals surface area contributed by atoms with Gasteiger partial charge in [-0.2, -0.15) is 0 Å². The average Bonchev–Trinajstić information content (AvgIpc) is 2.69. The van der Waals surface area contributed by atoms with Gasteiger partial charge in [-0.15, -0.1) is 12.8 Å². The lowest BCUT2D eigenvalue weighted by molar-refractivity contribution is 0.0344. The van der Waals surface area contributed by atoms with E-state index in [2.05, 4.69) is 24.9 Å². The smallest absolute Gasteiger partial charge is 0.337 e. The molecule has 2 fully saturated rings. The molecular formula is C21H36O4Si2. The Morgan fingerprint density at radius 2 is 1.04 bits per heavy atom. The van der Waals surface area contributed by atoms with E-state index in [-0.39, 0.29) is 0 Å². The molecule has 0 aromatic rings. The first-order valence-electron chi connectivity index (χ1n) is 10.2. The first-order chi connectivity index (χ1) is 12.8. The molecule has 0 saturated heterocycles. The third-order valence-corrected chi connectivity index (χ3v) is 14.7. The van der Waals surface area contributed by atoms with Crippen molar-refractivity contribution in [3.63, 3.8) is 0 Å². The van der Waals surface area contributed by atoms with Gasteiger partial charge in [0.05, 0.1) is 0 Å². The van der Waals surface area contributed by atoms with Crippen LogP contribution in [0.3, 0.4) is 0 Å². The minimum Gasteiger partial charge on any atom is -0.398 e. The van der Waals surface area contributed by atoms with Gasteiger partial charge in [-0.25, -0.2) is 0 Å². The highest BCUT2D eigenvalue weighted by atomic mass is 28.4. The van der Waals surface area contributed by atoms with Crippen LogP contribution in [-0.4, -0.2) is 42.5 Å². The highest BCUT2D eigenvalue weighted by Gasteiger charge is 2.51. The molecule has 0 amide bonds. The van der Waals surface area contributed by atoms with E-state index in [0.29, 0.717) is 5.67 Å². The summed E-state index contributed by atoms with van der Waals surface area (Å²) in [6.45, 7) is 4.16. The molecule has 0 spiro atoms. The van der Waals surface area contributed by atoms with Crippen LogP contribution in [0.4, 0.5) is 0 Å². The second-order valence-corrected chi connectivity index (χ2v) is 15.6. The summed E-state index contributed by atoms with van der Waals surface area (Å²) in [6, 6.07) is 0. The van der Waals surface area contributed by atoms with Gasteiger partial charge >= 0.3 is 17.1 Å². The molecule has 152 valence electrons. The van der Waals surface area contributed by atoms with Crippen molar-refractivity contribution in [3.05, 3.63) is 0 Å². The molecule has 2 rings (SSSR count). The summed E-state index contributed by atoms with van der Waals surface area (Å²) in [7, 11) is -1.73. The van der Waals surface area contributed by atoms with Crippen LogP contribution in [-0.2, 0) is 17.7 Å². The fourth-order valence-corrected chi connectivity index (χ4v) is 13.3. The highest BCUT2D eigenvalue weighted by Crippen LogP contribution is 2.39. The Bertz CT molecular complexity index is 520. The van der Waals surface area contributed by atoms with Gasteiger partial charge in [0.15, 0.2) is 0 Å². The molecule has 0 aliphatic heterocycles. The first kappa shape index (κ1) is 22.7. The number of rotatable bonds is 8. The van der Waals surface area contributed by atoms with Crippen LogP contribution in [0.2, 0.25) is 18.8 Å². The lowest BCUT2D eigenvalue weighted by Crippen LogP contribution is -2.57. The fraction of sp³-hybridized carbons (Fsp3) is 0.810. The van der Waals surface area contributed by atoms with E-state index in [1.54, 1.807) is 14.2 Å². The van der Waals surface area contributed by atoms with Crippen molar-refractivity contribution in [2.24, 2.45) is 0 Å². The minimum atomic E-state index is -2.59. The Morgan fingerprint density at radius 3 is 1.30 bits per heavy atom. The topological polar surface area (TPSA) is 36.9 Å². The molecule has 0 radical (unpaired) electrons. The Morgan fingerprint density at radius 1 is 0.704 bits per heavy atom. The molecule has 0 aromatic carbocycles. The second kappa shape index (κ2) is 9.26. The van der Waals surface area contributed by atoms with E-state index in [1.807, 2.05) is 0 Å². The zero-order valence-electron chi connectivity index (χ0n) is 17.6. The van der Waals surface area contributed by atoms with Crippen LogP contribution in [0.25, 0.3) is 0 Å². The molecule has 27 heavy (non-hydrogen) atoms. The van der Waals surface area contributed by atoms with Gasteiger partial charge in [0.2, 0.25) is 0 Å². The molecule has 0 bridgehead atoms. The molecule has 2 saturated carbocycles.